The number of phenolic OH excluding ortho intramolecular Hbond substituents is 1. The Bertz CT molecular complexity index is 2110. The van der Waals surface area contributed by atoms with Gasteiger partial charge in [-0.05, 0) is 76.6 Å². The first-order valence-electron chi connectivity index (χ1n) is 16.0. The fourth-order valence-corrected chi connectivity index (χ4v) is 6.54. The van der Waals surface area contributed by atoms with Gasteiger partial charge in [0, 0.05) is 11.1 Å². The number of hydrogen-bond donors (Lipinski definition) is 1. The minimum absolute atomic E-state index is 0.250. The minimum atomic E-state index is -0.283. The molecule has 7 rings (SSSR count). The van der Waals surface area contributed by atoms with E-state index in [0.29, 0.717) is 11.8 Å². The fraction of sp³-hybridized carbons (Fsp3) is 0.195. The van der Waals surface area contributed by atoms with Crippen molar-refractivity contribution in [2.45, 2.75) is 45.7 Å². The molecule has 0 spiro atoms. The second-order valence-corrected chi connectivity index (χ2v) is 12.8. The van der Waals surface area contributed by atoms with Crippen LogP contribution >= 0.6 is 0 Å². The highest BCUT2D eigenvalue weighted by atomic mass is 16.3. The number of aromatic hydroxyl groups is 1. The molecule has 2 heterocycles. The quantitative estimate of drug-likeness (QED) is 0.185. The molecule has 1 atom stereocenters. The number of rotatable bonds is 7. The summed E-state index contributed by atoms with van der Waals surface area (Å²) < 4.78 is 4.43. The molecule has 1 aliphatic heterocycles. The number of phenols is 1. The third kappa shape index (κ3) is 5.22. The summed E-state index contributed by atoms with van der Waals surface area (Å²) in [6, 6.07) is 39.8. The molecule has 0 radical (unpaired) electrons. The first kappa shape index (κ1) is 29.4. The Hall–Kier alpha value is -5.29. The summed E-state index contributed by atoms with van der Waals surface area (Å²) in [6.07, 6.45) is 1.77. The van der Waals surface area contributed by atoms with Crippen molar-refractivity contribution < 1.29 is 9.68 Å². The summed E-state index contributed by atoms with van der Waals surface area (Å²) in [5, 5.41) is 10.5. The van der Waals surface area contributed by atoms with Gasteiger partial charge in [-0.1, -0.05) is 100 Å². The summed E-state index contributed by atoms with van der Waals surface area (Å²) in [4.78, 5) is 10.3. The van der Waals surface area contributed by atoms with Crippen molar-refractivity contribution in [3.05, 3.63) is 138 Å². The van der Waals surface area contributed by atoms with Crippen LogP contribution in [0.1, 0.15) is 68.0 Å². The topological polar surface area (TPSA) is 53.4 Å². The molecule has 0 amide bonds. The third-order valence-corrected chi connectivity index (χ3v) is 8.91. The predicted molar refractivity (Wildman–Crippen MR) is 190 cm³/mol. The lowest BCUT2D eigenvalue weighted by molar-refractivity contribution is -0.533. The van der Waals surface area contributed by atoms with Crippen molar-refractivity contribution in [1.29, 1.82) is 0 Å². The molecule has 1 aromatic heterocycles. The Labute approximate surface area is 270 Å². The van der Waals surface area contributed by atoms with Crippen LogP contribution in [0.2, 0.25) is 0 Å². The van der Waals surface area contributed by atoms with E-state index in [1.807, 2.05) is 29.8 Å². The van der Waals surface area contributed by atoms with E-state index in [0.717, 1.165) is 39.3 Å². The third-order valence-electron chi connectivity index (χ3n) is 8.91. The van der Waals surface area contributed by atoms with Crippen molar-refractivity contribution >= 4 is 23.0 Å². The summed E-state index contributed by atoms with van der Waals surface area (Å²) in [5.74, 6) is 1.74. The maximum atomic E-state index is 10.5. The predicted octanol–water partition coefficient (Wildman–Crippen LogP) is 9.53. The molecule has 1 N–H and O–H groups in total. The molecule has 46 heavy (non-hydrogen) atoms. The van der Waals surface area contributed by atoms with Gasteiger partial charge in [0.2, 0.25) is 0 Å². The highest BCUT2D eigenvalue weighted by Crippen LogP contribution is 2.40. The maximum Gasteiger partial charge on any atom is 0.276 e. The molecule has 5 aromatic carbocycles. The van der Waals surface area contributed by atoms with Crippen LogP contribution in [0.15, 0.2) is 120 Å². The van der Waals surface area contributed by atoms with E-state index in [1.54, 1.807) is 6.07 Å². The molecule has 1 aliphatic rings. The minimum Gasteiger partial charge on any atom is -0.507 e. The molecular formula is C41H39N4O+. The van der Waals surface area contributed by atoms with Crippen LogP contribution in [0, 0.1) is 0 Å². The Kier molecular flexibility index (Phi) is 7.61. The van der Waals surface area contributed by atoms with Crippen LogP contribution in [0.3, 0.4) is 0 Å². The van der Waals surface area contributed by atoms with Crippen molar-refractivity contribution in [3.63, 3.8) is 0 Å². The zero-order valence-corrected chi connectivity index (χ0v) is 27.0. The summed E-state index contributed by atoms with van der Waals surface area (Å²) in [7, 11) is 2.00. The number of aromatic nitrogens is 2. The molecule has 6 aromatic rings. The number of aliphatic imine (C=N–C) groups is 1. The lowest BCUT2D eigenvalue weighted by Crippen LogP contribution is -2.10. The zero-order chi connectivity index (χ0) is 31.9. The maximum absolute atomic E-state index is 10.5. The van der Waals surface area contributed by atoms with Crippen LogP contribution in [0.4, 0.5) is 0 Å². The van der Waals surface area contributed by atoms with E-state index in [2.05, 4.69) is 129 Å². The number of benzene rings is 5. The largest absolute Gasteiger partial charge is 0.507 e. The van der Waals surface area contributed by atoms with Crippen LogP contribution < -0.4 is 0 Å². The standard InChI is InChI=1S/C41H38N4O/c1-26(2)33-23-31(28-14-7-6-8-15-28)24-34(27(3)4)39(33)45-37-20-11-10-19-35(37)42-40(45)30-17-13-16-29(22-30)36-25-44(5)41(43-36)32-18-9-12-21-38(32)46/h6-27,41H,1-5H3/p+1. The van der Waals surface area contributed by atoms with Gasteiger partial charge >= 0.3 is 0 Å². The van der Waals surface area contributed by atoms with Gasteiger partial charge in [0.15, 0.2) is 6.21 Å². The molecule has 0 fully saturated rings. The van der Waals surface area contributed by atoms with E-state index in [9.17, 15) is 5.11 Å². The van der Waals surface area contributed by atoms with Gasteiger partial charge in [0.05, 0.1) is 22.3 Å². The molecular weight excluding hydrogens is 564 g/mol. The highest BCUT2D eigenvalue weighted by molar-refractivity contribution is 6.37. The Balaban J connectivity index is 1.42. The van der Waals surface area contributed by atoms with Crippen molar-refractivity contribution in [2.24, 2.45) is 4.99 Å². The number of imidazole rings is 1. The van der Waals surface area contributed by atoms with Crippen LogP contribution in [-0.2, 0) is 0 Å². The summed E-state index contributed by atoms with van der Waals surface area (Å²) in [6.45, 7) is 9.12. The van der Waals surface area contributed by atoms with Crippen molar-refractivity contribution in [3.8, 4) is 34.0 Å². The lowest BCUT2D eigenvalue weighted by atomic mass is 9.88. The van der Waals surface area contributed by atoms with E-state index in [4.69, 9.17) is 9.98 Å². The van der Waals surface area contributed by atoms with Gasteiger partial charge in [-0.2, -0.15) is 0 Å². The molecule has 5 nitrogen and oxygen atoms in total. The molecule has 0 saturated heterocycles. The van der Waals surface area contributed by atoms with Crippen LogP contribution in [0.5, 0.6) is 5.75 Å². The first-order chi connectivity index (χ1) is 22.3. The van der Waals surface area contributed by atoms with E-state index in [1.165, 1.54) is 27.9 Å². The molecule has 0 saturated carbocycles. The average molecular weight is 604 g/mol. The number of para-hydroxylation sites is 3. The number of hydrogen-bond acceptors (Lipinski definition) is 3. The Morgan fingerprint density at radius 1 is 0.674 bits per heavy atom. The Morgan fingerprint density at radius 3 is 2.02 bits per heavy atom. The van der Waals surface area contributed by atoms with Crippen molar-refractivity contribution in [1.82, 2.24) is 9.55 Å². The van der Waals surface area contributed by atoms with Gasteiger partial charge in [-0.3, -0.25) is 4.57 Å². The number of nitrogens with zero attached hydrogens (tertiary/aromatic N) is 4. The lowest BCUT2D eigenvalue weighted by Gasteiger charge is -2.24. The van der Waals surface area contributed by atoms with Crippen molar-refractivity contribution in [2.75, 3.05) is 7.05 Å². The number of fused-ring (bicyclic) bond motifs is 1. The fourth-order valence-electron chi connectivity index (χ4n) is 6.54. The molecule has 0 aliphatic carbocycles. The average Bonchev–Trinajstić information content (AvgIpc) is 3.65. The first-order valence-corrected chi connectivity index (χ1v) is 16.0. The van der Waals surface area contributed by atoms with Gasteiger partial charge in [-0.25, -0.2) is 14.6 Å². The van der Waals surface area contributed by atoms with Gasteiger partial charge in [-0.15, -0.1) is 0 Å². The monoisotopic (exact) mass is 603 g/mol. The summed E-state index contributed by atoms with van der Waals surface area (Å²) >= 11 is 0. The molecule has 228 valence electrons. The Morgan fingerprint density at radius 2 is 1.30 bits per heavy atom. The second kappa shape index (κ2) is 11.9. The van der Waals surface area contributed by atoms with Gasteiger partial charge in [0.1, 0.15) is 24.3 Å². The molecule has 1 unspecified atom stereocenters. The van der Waals surface area contributed by atoms with Crippen LogP contribution in [0.25, 0.3) is 39.2 Å². The normalized spacial score (nSPS) is 14.7. The van der Waals surface area contributed by atoms with Gasteiger partial charge < -0.3 is 5.11 Å². The second-order valence-electron chi connectivity index (χ2n) is 12.8. The molecule has 0 bridgehead atoms. The highest BCUT2D eigenvalue weighted by Gasteiger charge is 2.30. The summed E-state index contributed by atoms with van der Waals surface area (Å²) in [5.41, 5.74) is 12.0. The SMILES string of the molecule is CC(C)c1cc(-c2ccccc2)cc(C(C)C)c1-n1c(-c2cccc(C3=NC(c4ccccc4O)[N+](C)=C3)c2)nc2ccccc21. The smallest absolute Gasteiger partial charge is 0.276 e. The van der Waals surface area contributed by atoms with Crippen LogP contribution in [-0.4, -0.2) is 38.2 Å². The molecule has 5 heteroatoms. The van der Waals surface area contributed by atoms with Gasteiger partial charge in [0.25, 0.3) is 6.17 Å². The van der Waals surface area contributed by atoms with E-state index in [-0.39, 0.29) is 11.9 Å². The van der Waals surface area contributed by atoms with E-state index >= 15 is 0 Å². The zero-order valence-electron chi connectivity index (χ0n) is 27.0. The van der Waals surface area contributed by atoms with E-state index < -0.39 is 0 Å².